The number of amides is 1. The highest BCUT2D eigenvalue weighted by Crippen LogP contribution is 2.40. The molecule has 140 valence electrons. The second kappa shape index (κ2) is 7.68. The Kier molecular flexibility index (Phi) is 5.76. The maximum Gasteiger partial charge on any atom is 0.233 e. The Bertz CT molecular complexity index is 611. The summed E-state index contributed by atoms with van der Waals surface area (Å²) in [5.74, 6) is 2.78. The first-order valence-electron chi connectivity index (χ1n) is 9.80. The minimum absolute atomic E-state index is 0.132. The fraction of sp³-hybridized carbons (Fsp3) is 0.842. The molecule has 3 rings (SSSR count). The lowest BCUT2D eigenvalue weighted by molar-refractivity contribution is -0.121. The molecule has 1 amide bonds. The van der Waals surface area contributed by atoms with Crippen LogP contribution >= 0.6 is 11.8 Å². The zero-order valence-electron chi connectivity index (χ0n) is 16.2. The lowest BCUT2D eigenvalue weighted by Gasteiger charge is -2.35. The second-order valence-corrected chi connectivity index (χ2v) is 9.55. The summed E-state index contributed by atoms with van der Waals surface area (Å²) in [6, 6.07) is 0.844. The molecule has 0 aromatic carbocycles. The van der Waals surface area contributed by atoms with Gasteiger partial charge in [0.1, 0.15) is 5.82 Å². The molecule has 2 fully saturated rings. The summed E-state index contributed by atoms with van der Waals surface area (Å²) in [5.41, 5.74) is 0. The third-order valence-electron chi connectivity index (χ3n) is 5.81. The highest BCUT2D eigenvalue weighted by molar-refractivity contribution is 8.00. The molecule has 2 saturated carbocycles. The molecule has 5 nitrogen and oxygen atoms in total. The average molecular weight is 365 g/mol. The summed E-state index contributed by atoms with van der Waals surface area (Å²) in [6.45, 7) is 10.9. The van der Waals surface area contributed by atoms with Crippen LogP contribution in [0.4, 0.5) is 0 Å². The van der Waals surface area contributed by atoms with Crippen molar-refractivity contribution in [2.75, 3.05) is 0 Å². The Morgan fingerprint density at radius 1 is 1.16 bits per heavy atom. The van der Waals surface area contributed by atoms with Crippen LogP contribution in [0.5, 0.6) is 0 Å². The van der Waals surface area contributed by atoms with Crippen molar-refractivity contribution in [3.8, 4) is 0 Å². The number of nitrogens with one attached hydrogen (secondary N) is 1. The quantitative estimate of drug-likeness (QED) is 0.770. The Morgan fingerprint density at radius 2 is 1.88 bits per heavy atom. The Morgan fingerprint density at radius 3 is 2.52 bits per heavy atom. The van der Waals surface area contributed by atoms with Gasteiger partial charge in [0.05, 0.1) is 5.25 Å². The summed E-state index contributed by atoms with van der Waals surface area (Å²) >= 11 is 1.55. The Hall–Kier alpha value is -1.04. The van der Waals surface area contributed by atoms with Gasteiger partial charge < -0.3 is 9.88 Å². The zero-order chi connectivity index (χ0) is 18.1. The van der Waals surface area contributed by atoms with Gasteiger partial charge in [-0.15, -0.1) is 10.2 Å². The molecule has 0 aliphatic heterocycles. The van der Waals surface area contributed by atoms with Crippen LogP contribution in [0.15, 0.2) is 5.16 Å². The Balaban J connectivity index is 1.64. The van der Waals surface area contributed by atoms with E-state index in [2.05, 4.69) is 47.8 Å². The first-order chi connectivity index (χ1) is 11.9. The molecule has 0 spiro atoms. The van der Waals surface area contributed by atoms with Crippen molar-refractivity contribution in [2.24, 2.45) is 11.8 Å². The van der Waals surface area contributed by atoms with Gasteiger partial charge in [0.15, 0.2) is 5.16 Å². The second-order valence-electron chi connectivity index (χ2n) is 8.24. The maximum atomic E-state index is 12.7. The number of rotatable bonds is 6. The van der Waals surface area contributed by atoms with Crippen LogP contribution in [0.2, 0.25) is 0 Å². The van der Waals surface area contributed by atoms with Gasteiger partial charge in [0, 0.05) is 18.0 Å². The molecule has 2 aliphatic rings. The third-order valence-corrected chi connectivity index (χ3v) is 6.86. The van der Waals surface area contributed by atoms with Gasteiger partial charge in [0.2, 0.25) is 5.91 Å². The van der Waals surface area contributed by atoms with Crippen LogP contribution < -0.4 is 5.32 Å². The number of nitrogens with zero attached hydrogens (tertiary/aromatic N) is 3. The van der Waals surface area contributed by atoms with Crippen molar-refractivity contribution in [3.63, 3.8) is 0 Å². The maximum absolute atomic E-state index is 12.7. The van der Waals surface area contributed by atoms with Crippen molar-refractivity contribution in [1.82, 2.24) is 20.1 Å². The number of hydrogen-bond acceptors (Lipinski definition) is 4. The van der Waals surface area contributed by atoms with Crippen molar-refractivity contribution in [1.29, 1.82) is 0 Å². The van der Waals surface area contributed by atoms with E-state index < -0.39 is 0 Å². The molecule has 4 unspecified atom stereocenters. The van der Waals surface area contributed by atoms with Crippen molar-refractivity contribution in [2.45, 2.75) is 95.1 Å². The van der Waals surface area contributed by atoms with Crippen LogP contribution in [-0.4, -0.2) is 32.0 Å². The van der Waals surface area contributed by atoms with Crippen LogP contribution in [0.3, 0.4) is 0 Å². The first kappa shape index (κ1) is 18.7. The molecular formula is C19H32N4OS. The molecule has 0 radical (unpaired) electrons. The molecule has 1 aromatic heterocycles. The van der Waals surface area contributed by atoms with Gasteiger partial charge >= 0.3 is 0 Å². The summed E-state index contributed by atoms with van der Waals surface area (Å²) in [6.07, 6.45) is 5.99. The normalized spacial score (nSPS) is 28.2. The average Bonchev–Trinajstić information content (AvgIpc) is 3.32. The van der Waals surface area contributed by atoms with E-state index in [1.54, 1.807) is 11.8 Å². The molecule has 1 N–H and O–H groups in total. The van der Waals surface area contributed by atoms with Crippen LogP contribution in [-0.2, 0) is 4.79 Å². The highest BCUT2D eigenvalue weighted by atomic mass is 32.2. The molecular weight excluding hydrogens is 332 g/mol. The van der Waals surface area contributed by atoms with Gasteiger partial charge in [-0.2, -0.15) is 0 Å². The van der Waals surface area contributed by atoms with Crippen molar-refractivity contribution < 1.29 is 4.79 Å². The van der Waals surface area contributed by atoms with E-state index in [9.17, 15) is 4.79 Å². The standard InChI is InChI=1S/C19H32N4OS/c1-11(2)17-21-22-19(23(17)15-9-10-15)25-14(5)18(24)20-16-8-6-7-12(3)13(16)4/h11-16H,6-10H2,1-5H3,(H,20,24). The van der Waals surface area contributed by atoms with Gasteiger partial charge in [-0.1, -0.05) is 52.3 Å². The molecule has 1 heterocycles. The van der Waals surface area contributed by atoms with Crippen molar-refractivity contribution in [3.05, 3.63) is 5.82 Å². The van der Waals surface area contributed by atoms with E-state index in [0.717, 1.165) is 17.4 Å². The van der Waals surface area contributed by atoms with Gasteiger partial charge in [0.25, 0.3) is 0 Å². The molecule has 0 saturated heterocycles. The third kappa shape index (κ3) is 4.21. The number of aromatic nitrogens is 3. The van der Waals surface area contributed by atoms with Gasteiger partial charge in [-0.3, -0.25) is 4.79 Å². The lowest BCUT2D eigenvalue weighted by Crippen LogP contribution is -2.46. The number of carbonyl (C=O) groups is 1. The predicted molar refractivity (Wildman–Crippen MR) is 102 cm³/mol. The molecule has 0 bridgehead atoms. The van der Waals surface area contributed by atoms with Crippen LogP contribution in [0, 0.1) is 11.8 Å². The molecule has 25 heavy (non-hydrogen) atoms. The van der Waals surface area contributed by atoms with E-state index >= 15 is 0 Å². The molecule has 4 atom stereocenters. The molecule has 1 aromatic rings. The van der Waals surface area contributed by atoms with Gasteiger partial charge in [-0.05, 0) is 38.0 Å². The minimum Gasteiger partial charge on any atom is -0.352 e. The van der Waals surface area contributed by atoms with E-state index in [4.69, 9.17) is 0 Å². The summed E-state index contributed by atoms with van der Waals surface area (Å²) < 4.78 is 2.27. The largest absolute Gasteiger partial charge is 0.352 e. The lowest BCUT2D eigenvalue weighted by atomic mass is 9.78. The SMILES string of the molecule is CC(Sc1nnc(C(C)C)n1C1CC1)C(=O)NC1CCCC(C)C1C. The molecule has 6 heteroatoms. The smallest absolute Gasteiger partial charge is 0.233 e. The van der Waals surface area contributed by atoms with Crippen molar-refractivity contribution >= 4 is 17.7 Å². The van der Waals surface area contributed by atoms with E-state index in [1.807, 2.05) is 6.92 Å². The topological polar surface area (TPSA) is 59.8 Å². The predicted octanol–water partition coefficient (Wildman–Crippen LogP) is 4.16. The highest BCUT2D eigenvalue weighted by Gasteiger charge is 2.33. The molecule has 2 aliphatic carbocycles. The van der Waals surface area contributed by atoms with E-state index in [1.165, 1.54) is 25.7 Å². The summed E-state index contributed by atoms with van der Waals surface area (Å²) in [5, 5.41) is 12.8. The Labute approximate surface area is 155 Å². The monoisotopic (exact) mass is 364 g/mol. The van der Waals surface area contributed by atoms with E-state index in [-0.39, 0.29) is 11.2 Å². The van der Waals surface area contributed by atoms with Crippen LogP contribution in [0.25, 0.3) is 0 Å². The first-order valence-corrected chi connectivity index (χ1v) is 10.7. The summed E-state index contributed by atoms with van der Waals surface area (Å²) in [4.78, 5) is 12.7. The number of hydrogen-bond donors (Lipinski definition) is 1. The number of thioether (sulfide) groups is 1. The summed E-state index contributed by atoms with van der Waals surface area (Å²) in [7, 11) is 0. The van der Waals surface area contributed by atoms with E-state index in [0.29, 0.717) is 29.8 Å². The fourth-order valence-corrected chi connectivity index (χ4v) is 4.67. The minimum atomic E-state index is -0.147. The zero-order valence-corrected chi connectivity index (χ0v) is 17.0. The van der Waals surface area contributed by atoms with Gasteiger partial charge in [-0.25, -0.2) is 0 Å². The van der Waals surface area contributed by atoms with Crippen LogP contribution in [0.1, 0.15) is 84.5 Å². The fourth-order valence-electron chi connectivity index (χ4n) is 3.74. The number of carbonyl (C=O) groups excluding carboxylic acids is 1.